The molecule has 1 aromatic carbocycles. The van der Waals surface area contributed by atoms with Crippen LogP contribution in [0.2, 0.25) is 0 Å². The first-order chi connectivity index (χ1) is 9.33. The van der Waals surface area contributed by atoms with Crippen molar-refractivity contribution in [3.05, 3.63) is 35.4 Å². The molecule has 2 aliphatic heterocycles. The van der Waals surface area contributed by atoms with E-state index in [0.717, 1.165) is 44.2 Å². The van der Waals surface area contributed by atoms with E-state index in [-0.39, 0.29) is 0 Å². The van der Waals surface area contributed by atoms with Gasteiger partial charge >= 0.3 is 0 Å². The molecule has 4 heteroatoms. The van der Waals surface area contributed by atoms with Crippen molar-refractivity contribution < 1.29 is 4.74 Å². The lowest BCUT2D eigenvalue weighted by atomic mass is 10.0. The van der Waals surface area contributed by atoms with Crippen LogP contribution in [0.3, 0.4) is 0 Å². The molecule has 1 fully saturated rings. The molecule has 0 aliphatic carbocycles. The number of hydrogen-bond donors (Lipinski definition) is 1. The summed E-state index contributed by atoms with van der Waals surface area (Å²) in [6, 6.07) is 8.63. The first-order valence-corrected chi connectivity index (χ1v) is 7.45. The summed E-state index contributed by atoms with van der Waals surface area (Å²) in [7, 11) is 0. The van der Waals surface area contributed by atoms with Crippen molar-refractivity contribution in [1.82, 2.24) is 10.2 Å². The van der Waals surface area contributed by atoms with Gasteiger partial charge in [0.25, 0.3) is 0 Å². The van der Waals surface area contributed by atoms with E-state index in [1.807, 2.05) is 0 Å². The van der Waals surface area contributed by atoms with Gasteiger partial charge in [-0.2, -0.15) is 0 Å². The average Bonchev–Trinajstić information content (AvgIpc) is 2.97. The number of rotatable bonds is 2. The zero-order chi connectivity index (χ0) is 13.1. The number of thiocarbonyl (C=S) groups is 1. The lowest BCUT2D eigenvalue weighted by molar-refractivity contribution is 0.113. The molecule has 3 nitrogen and oxygen atoms in total. The van der Waals surface area contributed by atoms with E-state index < -0.39 is 0 Å². The van der Waals surface area contributed by atoms with Crippen molar-refractivity contribution >= 4 is 17.3 Å². The third-order valence-corrected chi connectivity index (χ3v) is 4.33. The fraction of sp³-hybridized carbons (Fsp3) is 0.533. The number of nitrogens with one attached hydrogen (secondary N) is 1. The number of ether oxygens (including phenoxy) is 1. The minimum absolute atomic E-state index is 0.343. The van der Waals surface area contributed by atoms with Crippen molar-refractivity contribution in [3.8, 4) is 0 Å². The number of fused-ring (bicyclic) bond motifs is 1. The Bertz CT molecular complexity index is 457. The summed E-state index contributed by atoms with van der Waals surface area (Å²) in [4.78, 5) is 2.26. The topological polar surface area (TPSA) is 24.5 Å². The number of benzene rings is 1. The minimum atomic E-state index is 0.343. The standard InChI is InChI=1S/C15H20N2OS/c19-15(16-10-14-6-3-9-18-14)17-8-7-12-4-1-2-5-13(12)11-17/h1-2,4-5,14H,3,6-11H2,(H,16,19)/t14-/m1/s1. The van der Waals surface area contributed by atoms with Crippen molar-refractivity contribution in [3.63, 3.8) is 0 Å². The summed E-state index contributed by atoms with van der Waals surface area (Å²) in [6.45, 7) is 3.68. The van der Waals surface area contributed by atoms with Crippen LogP contribution >= 0.6 is 12.2 Å². The summed E-state index contributed by atoms with van der Waals surface area (Å²) in [5.41, 5.74) is 2.86. The second-order valence-corrected chi connectivity index (χ2v) is 5.65. The van der Waals surface area contributed by atoms with Crippen LogP contribution in [0.15, 0.2) is 24.3 Å². The van der Waals surface area contributed by atoms with Gasteiger partial charge in [0.1, 0.15) is 0 Å². The number of nitrogens with zero attached hydrogens (tertiary/aromatic N) is 1. The van der Waals surface area contributed by atoms with Gasteiger partial charge in [0.15, 0.2) is 5.11 Å². The molecule has 102 valence electrons. The molecule has 1 aromatic rings. The third kappa shape index (κ3) is 3.07. The molecule has 0 saturated carbocycles. The molecule has 2 aliphatic rings. The molecule has 0 aromatic heterocycles. The maximum absolute atomic E-state index is 5.61. The van der Waals surface area contributed by atoms with Crippen molar-refractivity contribution in [2.75, 3.05) is 19.7 Å². The Hall–Kier alpha value is -1.13. The maximum Gasteiger partial charge on any atom is 0.169 e. The highest BCUT2D eigenvalue weighted by Gasteiger charge is 2.20. The van der Waals surface area contributed by atoms with Crippen molar-refractivity contribution in [2.45, 2.75) is 31.9 Å². The predicted molar refractivity (Wildman–Crippen MR) is 80.1 cm³/mol. The highest BCUT2D eigenvalue weighted by atomic mass is 32.1. The number of hydrogen-bond acceptors (Lipinski definition) is 2. The molecule has 0 unspecified atom stereocenters. The Morgan fingerprint density at radius 3 is 3.00 bits per heavy atom. The minimum Gasteiger partial charge on any atom is -0.376 e. The molecule has 0 bridgehead atoms. The van der Waals surface area contributed by atoms with E-state index in [1.54, 1.807) is 0 Å². The van der Waals surface area contributed by atoms with Gasteiger partial charge in [-0.15, -0.1) is 0 Å². The maximum atomic E-state index is 5.61. The van der Waals surface area contributed by atoms with Gasteiger partial charge in [0.2, 0.25) is 0 Å². The Morgan fingerprint density at radius 2 is 2.21 bits per heavy atom. The Balaban J connectivity index is 1.54. The fourth-order valence-corrected chi connectivity index (χ4v) is 3.03. The molecule has 1 saturated heterocycles. The van der Waals surface area contributed by atoms with Gasteiger partial charge in [-0.25, -0.2) is 0 Å². The lowest BCUT2D eigenvalue weighted by Gasteiger charge is -2.31. The second-order valence-electron chi connectivity index (χ2n) is 5.26. The van der Waals surface area contributed by atoms with Gasteiger partial charge in [0.05, 0.1) is 6.10 Å². The van der Waals surface area contributed by atoms with Crippen LogP contribution in [-0.2, 0) is 17.7 Å². The van der Waals surface area contributed by atoms with Crippen LogP contribution in [0.1, 0.15) is 24.0 Å². The molecular formula is C15H20N2OS. The van der Waals surface area contributed by atoms with Gasteiger partial charge in [-0.05, 0) is 42.6 Å². The van der Waals surface area contributed by atoms with E-state index >= 15 is 0 Å². The smallest absolute Gasteiger partial charge is 0.169 e. The predicted octanol–water partition coefficient (Wildman–Crippen LogP) is 2.10. The van der Waals surface area contributed by atoms with Gasteiger partial charge < -0.3 is 15.0 Å². The van der Waals surface area contributed by atoms with E-state index in [2.05, 4.69) is 34.5 Å². The molecule has 1 N–H and O–H groups in total. The Labute approximate surface area is 119 Å². The fourth-order valence-electron chi connectivity index (χ4n) is 2.79. The first-order valence-electron chi connectivity index (χ1n) is 7.04. The molecule has 2 heterocycles. The molecular weight excluding hydrogens is 256 g/mol. The van der Waals surface area contributed by atoms with Crippen LogP contribution in [0.4, 0.5) is 0 Å². The summed E-state index contributed by atoms with van der Waals surface area (Å²) >= 11 is 5.50. The SMILES string of the molecule is S=C(NC[C@H]1CCCO1)N1CCc2ccccc2C1. The molecule has 1 atom stereocenters. The van der Waals surface area contributed by atoms with Crippen LogP contribution in [0.25, 0.3) is 0 Å². The summed E-state index contributed by atoms with van der Waals surface area (Å²) in [5, 5.41) is 4.22. The van der Waals surface area contributed by atoms with Crippen LogP contribution < -0.4 is 5.32 Å². The van der Waals surface area contributed by atoms with Crippen LogP contribution in [-0.4, -0.2) is 35.8 Å². The van der Waals surface area contributed by atoms with Gasteiger partial charge in [-0.1, -0.05) is 24.3 Å². The molecule has 0 spiro atoms. The first kappa shape index (κ1) is 12.9. The average molecular weight is 276 g/mol. The van der Waals surface area contributed by atoms with Crippen LogP contribution in [0, 0.1) is 0 Å². The summed E-state index contributed by atoms with van der Waals surface area (Å²) in [5.74, 6) is 0. The molecule has 3 rings (SSSR count). The summed E-state index contributed by atoms with van der Waals surface area (Å²) in [6.07, 6.45) is 3.75. The lowest BCUT2D eigenvalue weighted by Crippen LogP contribution is -2.44. The Kier molecular flexibility index (Phi) is 3.99. The van der Waals surface area contributed by atoms with Crippen molar-refractivity contribution in [1.29, 1.82) is 0 Å². The monoisotopic (exact) mass is 276 g/mol. The Morgan fingerprint density at radius 1 is 1.37 bits per heavy atom. The second kappa shape index (κ2) is 5.88. The normalized spacial score (nSPS) is 22.1. The quantitative estimate of drug-likeness (QED) is 0.836. The van der Waals surface area contributed by atoms with Gasteiger partial charge in [-0.3, -0.25) is 0 Å². The van der Waals surface area contributed by atoms with E-state index in [4.69, 9.17) is 17.0 Å². The van der Waals surface area contributed by atoms with E-state index in [9.17, 15) is 0 Å². The zero-order valence-corrected chi connectivity index (χ0v) is 11.9. The highest BCUT2D eigenvalue weighted by molar-refractivity contribution is 7.80. The summed E-state index contributed by atoms with van der Waals surface area (Å²) < 4.78 is 5.61. The van der Waals surface area contributed by atoms with Crippen molar-refractivity contribution in [2.24, 2.45) is 0 Å². The van der Waals surface area contributed by atoms with E-state index in [0.29, 0.717) is 6.10 Å². The highest BCUT2D eigenvalue weighted by Crippen LogP contribution is 2.18. The third-order valence-electron chi connectivity index (χ3n) is 3.92. The molecule has 19 heavy (non-hydrogen) atoms. The van der Waals surface area contributed by atoms with E-state index in [1.165, 1.54) is 17.5 Å². The van der Waals surface area contributed by atoms with Gasteiger partial charge in [0, 0.05) is 26.2 Å². The zero-order valence-electron chi connectivity index (χ0n) is 11.1. The molecule has 0 amide bonds. The van der Waals surface area contributed by atoms with Crippen LogP contribution in [0.5, 0.6) is 0 Å². The molecule has 0 radical (unpaired) electrons. The largest absolute Gasteiger partial charge is 0.376 e.